The van der Waals surface area contributed by atoms with Gasteiger partial charge in [0.15, 0.2) is 9.84 Å². The van der Waals surface area contributed by atoms with Crippen LogP contribution in [-0.2, 0) is 27.6 Å². The summed E-state index contributed by atoms with van der Waals surface area (Å²) in [5.41, 5.74) is 3.26. The summed E-state index contributed by atoms with van der Waals surface area (Å²) in [5, 5.41) is 0.554. The first-order valence-electron chi connectivity index (χ1n) is 10.4. The highest BCUT2D eigenvalue weighted by Gasteiger charge is 2.30. The van der Waals surface area contributed by atoms with Gasteiger partial charge in [-0.2, -0.15) is 0 Å². The lowest BCUT2D eigenvalue weighted by Gasteiger charge is -2.17. The van der Waals surface area contributed by atoms with E-state index in [0.717, 1.165) is 23.2 Å². The number of sulfone groups is 1. The van der Waals surface area contributed by atoms with Gasteiger partial charge in [-0.1, -0.05) is 48.5 Å². The molecule has 1 aliphatic rings. The predicted octanol–water partition coefficient (Wildman–Crippen LogP) is 4.19. The maximum Gasteiger partial charge on any atom is 0.242 e. The predicted molar refractivity (Wildman–Crippen MR) is 122 cm³/mol. The van der Waals surface area contributed by atoms with Gasteiger partial charge in [-0.15, -0.1) is 0 Å². The number of para-hydroxylation sites is 2. The van der Waals surface area contributed by atoms with Gasteiger partial charge in [-0.05, 0) is 41.8 Å². The zero-order valence-corrected chi connectivity index (χ0v) is 18.1. The fraction of sp³-hybridized carbons (Fsp3) is 0.160. The van der Waals surface area contributed by atoms with Gasteiger partial charge in [0.25, 0.3) is 0 Å². The standard InChI is InChI=1S/C25H21FN2O3S/c26-20-8-5-6-18(14-20)15-27-16-24(21-9-2-4-11-23(21)27)32(30,31)17-25(29)28-13-12-19-7-1-3-10-22(19)28/h1-11,14,16H,12-13,15,17H2. The Morgan fingerprint density at radius 2 is 1.75 bits per heavy atom. The zero-order chi connectivity index (χ0) is 22.3. The van der Waals surface area contributed by atoms with Gasteiger partial charge in [0.1, 0.15) is 11.6 Å². The first-order chi connectivity index (χ1) is 15.4. The molecule has 0 radical (unpaired) electrons. The van der Waals surface area contributed by atoms with E-state index >= 15 is 0 Å². The third kappa shape index (κ3) is 3.69. The molecule has 0 saturated heterocycles. The van der Waals surface area contributed by atoms with E-state index in [0.29, 0.717) is 24.0 Å². The van der Waals surface area contributed by atoms with Crippen molar-refractivity contribution in [1.82, 2.24) is 4.57 Å². The molecule has 0 fully saturated rings. The lowest BCUT2D eigenvalue weighted by Crippen LogP contribution is -2.34. The van der Waals surface area contributed by atoms with Crippen molar-refractivity contribution in [2.45, 2.75) is 17.9 Å². The second-order valence-corrected chi connectivity index (χ2v) is 9.91. The van der Waals surface area contributed by atoms with Gasteiger partial charge in [-0.3, -0.25) is 4.79 Å². The number of nitrogens with zero attached hydrogens (tertiary/aromatic N) is 2. The minimum Gasteiger partial charge on any atom is -0.342 e. The van der Waals surface area contributed by atoms with E-state index in [1.54, 1.807) is 39.9 Å². The summed E-state index contributed by atoms with van der Waals surface area (Å²) in [6, 6.07) is 20.9. The first-order valence-corrected chi connectivity index (χ1v) is 12.0. The summed E-state index contributed by atoms with van der Waals surface area (Å²) < 4.78 is 42.1. The summed E-state index contributed by atoms with van der Waals surface area (Å²) in [6.07, 6.45) is 2.27. The molecule has 1 amide bonds. The molecule has 0 N–H and O–H groups in total. The molecule has 5 rings (SSSR count). The number of aromatic nitrogens is 1. The van der Waals surface area contributed by atoms with E-state index in [9.17, 15) is 17.6 Å². The summed E-state index contributed by atoms with van der Waals surface area (Å²) >= 11 is 0. The number of halogens is 1. The van der Waals surface area contributed by atoms with Gasteiger partial charge in [0, 0.05) is 35.9 Å². The minimum atomic E-state index is -3.89. The van der Waals surface area contributed by atoms with Crippen LogP contribution in [0.4, 0.5) is 10.1 Å². The molecule has 4 aromatic rings. The quantitative estimate of drug-likeness (QED) is 0.460. The van der Waals surface area contributed by atoms with Crippen LogP contribution in [0, 0.1) is 5.82 Å². The van der Waals surface area contributed by atoms with E-state index in [1.165, 1.54) is 12.1 Å². The molecule has 0 spiro atoms. The Labute approximate surface area is 185 Å². The second-order valence-electron chi connectivity index (χ2n) is 7.95. The Balaban J connectivity index is 1.48. The van der Waals surface area contributed by atoms with Gasteiger partial charge < -0.3 is 9.47 Å². The van der Waals surface area contributed by atoms with Gasteiger partial charge in [0.2, 0.25) is 5.91 Å². The Bertz CT molecular complexity index is 1440. The number of rotatable bonds is 5. The highest BCUT2D eigenvalue weighted by atomic mass is 32.2. The molecule has 1 aliphatic heterocycles. The second kappa shape index (κ2) is 7.91. The van der Waals surface area contributed by atoms with E-state index < -0.39 is 21.5 Å². The number of carbonyl (C=O) groups excluding carboxylic acids is 1. The molecule has 0 bridgehead atoms. The van der Waals surface area contributed by atoms with Gasteiger partial charge in [-0.25, -0.2) is 12.8 Å². The summed E-state index contributed by atoms with van der Waals surface area (Å²) in [7, 11) is -3.89. The number of benzene rings is 3. The largest absolute Gasteiger partial charge is 0.342 e. The van der Waals surface area contributed by atoms with Crippen molar-refractivity contribution in [2.24, 2.45) is 0 Å². The van der Waals surface area contributed by atoms with E-state index in [1.807, 2.05) is 36.4 Å². The van der Waals surface area contributed by atoms with Gasteiger partial charge in [0.05, 0.1) is 4.90 Å². The molecule has 32 heavy (non-hydrogen) atoms. The fourth-order valence-corrected chi connectivity index (χ4v) is 5.77. The van der Waals surface area contributed by atoms with E-state index in [-0.39, 0.29) is 10.7 Å². The molecular weight excluding hydrogens is 427 g/mol. The highest BCUT2D eigenvalue weighted by molar-refractivity contribution is 7.92. The molecule has 5 nitrogen and oxygen atoms in total. The van der Waals surface area contributed by atoms with Crippen molar-refractivity contribution in [3.8, 4) is 0 Å². The zero-order valence-electron chi connectivity index (χ0n) is 17.2. The van der Waals surface area contributed by atoms with Crippen molar-refractivity contribution >= 4 is 32.3 Å². The molecule has 0 atom stereocenters. The SMILES string of the molecule is O=C(CS(=O)(=O)c1cn(Cc2cccc(F)c2)c2ccccc12)N1CCc2ccccc21. The third-order valence-electron chi connectivity index (χ3n) is 5.83. The first kappa shape index (κ1) is 20.5. The normalized spacial score (nSPS) is 13.5. The molecule has 3 aromatic carbocycles. The maximum atomic E-state index is 13.6. The van der Waals surface area contributed by atoms with E-state index in [2.05, 4.69) is 0 Å². The number of amides is 1. The van der Waals surface area contributed by atoms with Crippen molar-refractivity contribution in [3.63, 3.8) is 0 Å². The summed E-state index contributed by atoms with van der Waals surface area (Å²) in [5.74, 6) is -1.38. The lowest BCUT2D eigenvalue weighted by atomic mass is 10.2. The van der Waals surface area contributed by atoms with Crippen molar-refractivity contribution in [1.29, 1.82) is 0 Å². The number of hydrogen-bond donors (Lipinski definition) is 0. The van der Waals surface area contributed by atoms with Crippen LogP contribution in [0.1, 0.15) is 11.1 Å². The van der Waals surface area contributed by atoms with Crippen LogP contribution in [0.15, 0.2) is 83.9 Å². The number of hydrogen-bond acceptors (Lipinski definition) is 3. The maximum absolute atomic E-state index is 13.6. The topological polar surface area (TPSA) is 59.4 Å². The van der Waals surface area contributed by atoms with Crippen LogP contribution in [0.25, 0.3) is 10.9 Å². The van der Waals surface area contributed by atoms with Crippen molar-refractivity contribution < 1.29 is 17.6 Å². The number of anilines is 1. The third-order valence-corrected chi connectivity index (χ3v) is 7.45. The monoisotopic (exact) mass is 448 g/mol. The van der Waals surface area contributed by atoms with Crippen LogP contribution in [0.2, 0.25) is 0 Å². The lowest BCUT2D eigenvalue weighted by molar-refractivity contribution is -0.116. The molecule has 2 heterocycles. The molecule has 1 aromatic heterocycles. The van der Waals surface area contributed by atoms with Crippen LogP contribution in [-0.4, -0.2) is 31.2 Å². The van der Waals surface area contributed by atoms with Crippen molar-refractivity contribution in [3.05, 3.63) is 95.9 Å². The smallest absolute Gasteiger partial charge is 0.242 e. The molecule has 0 saturated carbocycles. The number of carbonyl (C=O) groups is 1. The molecular formula is C25H21FN2O3S. The van der Waals surface area contributed by atoms with E-state index in [4.69, 9.17) is 0 Å². The van der Waals surface area contributed by atoms with Crippen LogP contribution in [0.5, 0.6) is 0 Å². The van der Waals surface area contributed by atoms with Gasteiger partial charge >= 0.3 is 0 Å². The highest BCUT2D eigenvalue weighted by Crippen LogP contribution is 2.30. The number of fused-ring (bicyclic) bond motifs is 2. The molecule has 0 unspecified atom stereocenters. The minimum absolute atomic E-state index is 0.116. The van der Waals surface area contributed by atoms with Crippen LogP contribution >= 0.6 is 0 Å². The Hall–Kier alpha value is -3.45. The average Bonchev–Trinajstić information content (AvgIpc) is 3.36. The van der Waals surface area contributed by atoms with Crippen LogP contribution < -0.4 is 4.90 Å². The molecule has 7 heteroatoms. The Morgan fingerprint density at radius 1 is 0.969 bits per heavy atom. The van der Waals surface area contributed by atoms with Crippen LogP contribution in [0.3, 0.4) is 0 Å². The average molecular weight is 449 g/mol. The fourth-order valence-electron chi connectivity index (χ4n) is 4.34. The van der Waals surface area contributed by atoms with Crippen molar-refractivity contribution in [2.75, 3.05) is 17.2 Å². The Morgan fingerprint density at radius 3 is 2.59 bits per heavy atom. The molecule has 162 valence electrons. The Kier molecular flexibility index (Phi) is 5.06. The summed E-state index contributed by atoms with van der Waals surface area (Å²) in [4.78, 5) is 14.6. The molecule has 0 aliphatic carbocycles. The summed E-state index contributed by atoms with van der Waals surface area (Å²) in [6.45, 7) is 0.802.